The predicted molar refractivity (Wildman–Crippen MR) is 132 cm³/mol. The monoisotopic (exact) mass is 443 g/mol. The summed E-state index contributed by atoms with van der Waals surface area (Å²) in [7, 11) is 0. The van der Waals surface area contributed by atoms with Crippen LogP contribution in [0.3, 0.4) is 0 Å². The van der Waals surface area contributed by atoms with E-state index in [0.717, 1.165) is 51.1 Å². The van der Waals surface area contributed by atoms with Crippen molar-refractivity contribution in [3.8, 4) is 5.75 Å². The van der Waals surface area contributed by atoms with Gasteiger partial charge < -0.3 is 9.84 Å². The highest BCUT2D eigenvalue weighted by molar-refractivity contribution is 5.84. The van der Waals surface area contributed by atoms with Crippen LogP contribution in [0.15, 0.2) is 66.7 Å². The zero-order valence-corrected chi connectivity index (χ0v) is 19.2. The Morgan fingerprint density at radius 2 is 1.55 bits per heavy atom. The molecule has 3 aromatic carbocycles. The van der Waals surface area contributed by atoms with Crippen LogP contribution < -0.4 is 4.74 Å². The summed E-state index contributed by atoms with van der Waals surface area (Å²) in [6.07, 6.45) is 6.39. The summed E-state index contributed by atoms with van der Waals surface area (Å²) in [4.78, 5) is 13.5. The van der Waals surface area contributed by atoms with Crippen LogP contribution in [0.4, 0.5) is 0 Å². The lowest BCUT2D eigenvalue weighted by atomic mass is 9.83. The standard InChI is InChI=1S/C29H33NO3/c31-29(32)24-14-16-30(17-15-24)20-21-6-7-26-19-28(13-10-25(26)18-21)33-27-11-8-23(9-12-27)22-4-2-1-3-5-22/h1-7,10,13,18-19,23-24,27H,8-9,11-12,14-17,20H2,(H,31,32)/t23-,27+. The Morgan fingerprint density at radius 1 is 0.848 bits per heavy atom. The normalized spacial score (nSPS) is 22.3. The van der Waals surface area contributed by atoms with Crippen LogP contribution in [0.1, 0.15) is 55.6 Å². The van der Waals surface area contributed by atoms with Crippen LogP contribution in [-0.2, 0) is 11.3 Å². The van der Waals surface area contributed by atoms with Gasteiger partial charge in [-0.3, -0.25) is 9.69 Å². The summed E-state index contributed by atoms with van der Waals surface area (Å²) in [6, 6.07) is 23.9. The van der Waals surface area contributed by atoms with E-state index < -0.39 is 5.97 Å². The van der Waals surface area contributed by atoms with Crippen molar-refractivity contribution < 1.29 is 14.6 Å². The van der Waals surface area contributed by atoms with E-state index in [2.05, 4.69) is 71.6 Å². The Morgan fingerprint density at radius 3 is 2.27 bits per heavy atom. The van der Waals surface area contributed by atoms with Gasteiger partial charge in [-0.1, -0.05) is 48.5 Å². The molecule has 2 fully saturated rings. The molecule has 1 saturated heterocycles. The number of fused-ring (bicyclic) bond motifs is 1. The molecular formula is C29H33NO3. The number of likely N-dealkylation sites (tertiary alicyclic amines) is 1. The van der Waals surface area contributed by atoms with Gasteiger partial charge in [0.25, 0.3) is 0 Å². The Balaban J connectivity index is 1.16. The van der Waals surface area contributed by atoms with E-state index in [4.69, 9.17) is 4.74 Å². The van der Waals surface area contributed by atoms with Crippen molar-refractivity contribution in [2.45, 2.75) is 57.1 Å². The molecule has 0 aromatic heterocycles. The number of benzene rings is 3. The molecule has 0 spiro atoms. The number of carboxylic acid groups (broad SMARTS) is 1. The predicted octanol–water partition coefficient (Wildman–Crippen LogP) is 6.24. The maximum Gasteiger partial charge on any atom is 0.306 e. The minimum absolute atomic E-state index is 0.176. The Kier molecular flexibility index (Phi) is 6.63. The molecule has 4 heteroatoms. The second-order valence-corrected chi connectivity index (χ2v) is 9.73. The van der Waals surface area contributed by atoms with Crippen molar-refractivity contribution in [1.82, 2.24) is 4.90 Å². The zero-order chi connectivity index (χ0) is 22.6. The Hall–Kier alpha value is -2.85. The minimum Gasteiger partial charge on any atom is -0.490 e. The molecule has 1 heterocycles. The molecule has 1 aliphatic heterocycles. The van der Waals surface area contributed by atoms with E-state index in [1.807, 2.05) is 0 Å². The fourth-order valence-corrected chi connectivity index (χ4v) is 5.47. The highest BCUT2D eigenvalue weighted by Crippen LogP contribution is 2.35. The summed E-state index contributed by atoms with van der Waals surface area (Å²) in [5.74, 6) is 0.803. The van der Waals surface area contributed by atoms with Crippen molar-refractivity contribution >= 4 is 16.7 Å². The molecule has 3 aromatic rings. The van der Waals surface area contributed by atoms with Gasteiger partial charge in [-0.25, -0.2) is 0 Å². The van der Waals surface area contributed by atoms with Crippen LogP contribution in [0.25, 0.3) is 10.8 Å². The van der Waals surface area contributed by atoms with Crippen molar-refractivity contribution in [3.63, 3.8) is 0 Å². The zero-order valence-electron chi connectivity index (χ0n) is 19.2. The van der Waals surface area contributed by atoms with Gasteiger partial charge in [-0.15, -0.1) is 0 Å². The van der Waals surface area contributed by atoms with E-state index in [0.29, 0.717) is 12.0 Å². The van der Waals surface area contributed by atoms with Crippen molar-refractivity contribution in [1.29, 1.82) is 0 Å². The van der Waals surface area contributed by atoms with Gasteiger partial charge >= 0.3 is 5.97 Å². The highest BCUT2D eigenvalue weighted by Gasteiger charge is 2.25. The number of rotatable bonds is 6. The first-order valence-electron chi connectivity index (χ1n) is 12.3. The molecular weight excluding hydrogens is 410 g/mol. The fraction of sp³-hybridized carbons (Fsp3) is 0.414. The summed E-state index contributed by atoms with van der Waals surface area (Å²) in [6.45, 7) is 2.59. The second kappa shape index (κ2) is 9.96. The second-order valence-electron chi connectivity index (χ2n) is 9.73. The van der Waals surface area contributed by atoms with E-state index in [1.54, 1.807) is 0 Å². The topological polar surface area (TPSA) is 49.8 Å². The van der Waals surface area contributed by atoms with Crippen LogP contribution in [0, 0.1) is 5.92 Å². The van der Waals surface area contributed by atoms with Gasteiger partial charge in [0.05, 0.1) is 12.0 Å². The van der Waals surface area contributed by atoms with Gasteiger partial charge in [0.2, 0.25) is 0 Å². The molecule has 0 bridgehead atoms. The third-order valence-electron chi connectivity index (χ3n) is 7.47. The Bertz CT molecular complexity index is 1080. The first-order chi connectivity index (χ1) is 16.1. The molecule has 0 amide bonds. The molecule has 0 radical (unpaired) electrons. The average Bonchev–Trinajstić information content (AvgIpc) is 2.85. The first-order valence-corrected chi connectivity index (χ1v) is 12.3. The summed E-state index contributed by atoms with van der Waals surface area (Å²) < 4.78 is 6.37. The number of hydrogen-bond donors (Lipinski definition) is 1. The van der Waals surface area contributed by atoms with Gasteiger partial charge in [0.1, 0.15) is 5.75 Å². The quantitative estimate of drug-likeness (QED) is 0.490. The van der Waals surface area contributed by atoms with Gasteiger partial charge in [0.15, 0.2) is 0 Å². The highest BCUT2D eigenvalue weighted by atomic mass is 16.5. The van der Waals surface area contributed by atoms with Crippen LogP contribution in [0.5, 0.6) is 5.75 Å². The lowest BCUT2D eigenvalue weighted by molar-refractivity contribution is -0.143. The molecule has 0 unspecified atom stereocenters. The van der Waals surface area contributed by atoms with Crippen LogP contribution in [0.2, 0.25) is 0 Å². The molecule has 2 aliphatic rings. The van der Waals surface area contributed by atoms with E-state index >= 15 is 0 Å². The molecule has 1 saturated carbocycles. The number of piperidine rings is 1. The molecule has 0 atom stereocenters. The molecule has 5 rings (SSSR count). The third kappa shape index (κ3) is 5.39. The fourth-order valence-electron chi connectivity index (χ4n) is 5.47. The summed E-state index contributed by atoms with van der Waals surface area (Å²) in [5, 5.41) is 11.6. The molecule has 1 N–H and O–H groups in total. The first kappa shape index (κ1) is 22.0. The maximum absolute atomic E-state index is 11.2. The van der Waals surface area contributed by atoms with Crippen molar-refractivity contribution in [2.75, 3.05) is 13.1 Å². The Labute approximate surface area is 196 Å². The third-order valence-corrected chi connectivity index (χ3v) is 7.47. The minimum atomic E-state index is -0.650. The lowest BCUT2D eigenvalue weighted by Crippen LogP contribution is -2.35. The largest absolute Gasteiger partial charge is 0.490 e. The number of hydrogen-bond acceptors (Lipinski definition) is 3. The van der Waals surface area contributed by atoms with E-state index in [9.17, 15) is 9.90 Å². The average molecular weight is 444 g/mol. The van der Waals surface area contributed by atoms with Gasteiger partial charge in [0, 0.05) is 6.54 Å². The van der Waals surface area contributed by atoms with E-state index in [1.165, 1.54) is 34.7 Å². The number of aliphatic carboxylic acids is 1. The number of carbonyl (C=O) groups is 1. The smallest absolute Gasteiger partial charge is 0.306 e. The number of nitrogens with zero attached hydrogens (tertiary/aromatic N) is 1. The van der Waals surface area contributed by atoms with Crippen molar-refractivity contribution in [3.05, 3.63) is 77.9 Å². The summed E-state index contributed by atoms with van der Waals surface area (Å²) in [5.41, 5.74) is 2.74. The van der Waals surface area contributed by atoms with Crippen LogP contribution in [-0.4, -0.2) is 35.2 Å². The lowest BCUT2D eigenvalue weighted by Gasteiger charge is -2.30. The van der Waals surface area contributed by atoms with Crippen molar-refractivity contribution in [2.24, 2.45) is 5.92 Å². The molecule has 1 aliphatic carbocycles. The molecule has 4 nitrogen and oxygen atoms in total. The van der Waals surface area contributed by atoms with Gasteiger partial charge in [-0.2, -0.15) is 0 Å². The number of carboxylic acids is 1. The number of ether oxygens (including phenoxy) is 1. The van der Waals surface area contributed by atoms with Crippen LogP contribution >= 0.6 is 0 Å². The molecule has 172 valence electrons. The summed E-state index contributed by atoms with van der Waals surface area (Å²) >= 11 is 0. The maximum atomic E-state index is 11.2. The van der Waals surface area contributed by atoms with E-state index in [-0.39, 0.29) is 5.92 Å². The van der Waals surface area contributed by atoms with Gasteiger partial charge in [-0.05, 0) is 97.6 Å². The molecule has 33 heavy (non-hydrogen) atoms. The SMILES string of the molecule is O=C(O)C1CCN(Cc2ccc3cc(O[C@H]4CC[C@@H](c5ccccc5)CC4)ccc3c2)CC1.